The zero-order valence-electron chi connectivity index (χ0n) is 13.3. The predicted octanol–water partition coefficient (Wildman–Crippen LogP) is 4.71. The Labute approximate surface area is 147 Å². The molecular weight excluding hydrogens is 326 g/mol. The molecule has 23 heavy (non-hydrogen) atoms. The van der Waals surface area contributed by atoms with Crippen molar-refractivity contribution < 1.29 is 4.79 Å². The van der Waals surface area contributed by atoms with E-state index in [1.165, 1.54) is 5.56 Å². The van der Waals surface area contributed by atoms with E-state index in [-0.39, 0.29) is 11.9 Å². The second-order valence-electron chi connectivity index (χ2n) is 5.62. The first-order valence-electron chi connectivity index (χ1n) is 7.79. The zero-order valence-corrected chi connectivity index (χ0v) is 14.9. The number of halogens is 1. The number of carbonyl (C=O) groups excluding carboxylic acids is 1. The van der Waals surface area contributed by atoms with E-state index in [1.54, 1.807) is 11.8 Å². The number of hydrogen-bond acceptors (Lipinski definition) is 2. The van der Waals surface area contributed by atoms with Gasteiger partial charge in [-0.25, -0.2) is 0 Å². The Bertz CT molecular complexity index is 618. The number of thioether (sulfide) groups is 1. The molecule has 0 bridgehead atoms. The maximum Gasteiger partial charge on any atom is 0.230 e. The van der Waals surface area contributed by atoms with Crippen molar-refractivity contribution in [3.05, 3.63) is 70.7 Å². The van der Waals surface area contributed by atoms with Crippen molar-refractivity contribution in [3.63, 3.8) is 0 Å². The predicted molar refractivity (Wildman–Crippen MR) is 100.0 cm³/mol. The van der Waals surface area contributed by atoms with Gasteiger partial charge in [0.05, 0.1) is 5.75 Å². The molecule has 1 amide bonds. The Morgan fingerprint density at radius 1 is 1.13 bits per heavy atom. The smallest absolute Gasteiger partial charge is 0.230 e. The van der Waals surface area contributed by atoms with Crippen molar-refractivity contribution in [1.29, 1.82) is 0 Å². The summed E-state index contributed by atoms with van der Waals surface area (Å²) in [4.78, 5) is 12.0. The molecule has 0 radical (unpaired) electrons. The summed E-state index contributed by atoms with van der Waals surface area (Å²) >= 11 is 7.56. The lowest BCUT2D eigenvalue weighted by atomic mass is 10.1. The molecule has 0 unspecified atom stereocenters. The number of nitrogens with one attached hydrogen (secondary N) is 1. The molecule has 2 aromatic carbocycles. The van der Waals surface area contributed by atoms with Crippen molar-refractivity contribution >= 4 is 29.3 Å². The van der Waals surface area contributed by atoms with E-state index < -0.39 is 0 Å². The molecule has 122 valence electrons. The van der Waals surface area contributed by atoms with Crippen LogP contribution in [0.1, 0.15) is 24.5 Å². The van der Waals surface area contributed by atoms with Gasteiger partial charge in [0.2, 0.25) is 5.91 Å². The molecule has 0 fully saturated rings. The lowest BCUT2D eigenvalue weighted by Crippen LogP contribution is -2.34. The van der Waals surface area contributed by atoms with Crippen LogP contribution in [0.15, 0.2) is 54.6 Å². The summed E-state index contributed by atoms with van der Waals surface area (Å²) in [6, 6.07) is 18.3. The molecule has 0 saturated carbocycles. The minimum absolute atomic E-state index is 0.0950. The van der Waals surface area contributed by atoms with Gasteiger partial charge in [0.15, 0.2) is 0 Å². The summed E-state index contributed by atoms with van der Waals surface area (Å²) in [7, 11) is 0. The van der Waals surface area contributed by atoms with Gasteiger partial charge in [-0.3, -0.25) is 4.79 Å². The number of rotatable bonds is 8. The van der Waals surface area contributed by atoms with Gasteiger partial charge >= 0.3 is 0 Å². The van der Waals surface area contributed by atoms with E-state index in [0.717, 1.165) is 29.2 Å². The number of hydrogen-bond donors (Lipinski definition) is 1. The van der Waals surface area contributed by atoms with Gasteiger partial charge in [-0.1, -0.05) is 54.1 Å². The van der Waals surface area contributed by atoms with Crippen molar-refractivity contribution in [2.24, 2.45) is 0 Å². The molecule has 0 heterocycles. The summed E-state index contributed by atoms with van der Waals surface area (Å²) in [6.07, 6.45) is 1.94. The first kappa shape index (κ1) is 17.9. The summed E-state index contributed by atoms with van der Waals surface area (Å²) in [5.74, 6) is 1.37. The van der Waals surface area contributed by atoms with Gasteiger partial charge < -0.3 is 5.32 Å². The lowest BCUT2D eigenvalue weighted by molar-refractivity contribution is -0.119. The summed E-state index contributed by atoms with van der Waals surface area (Å²) in [5, 5.41) is 3.80. The van der Waals surface area contributed by atoms with E-state index in [4.69, 9.17) is 11.6 Å². The van der Waals surface area contributed by atoms with Crippen LogP contribution in [0.4, 0.5) is 0 Å². The highest BCUT2D eigenvalue weighted by molar-refractivity contribution is 7.99. The monoisotopic (exact) mass is 347 g/mol. The van der Waals surface area contributed by atoms with Crippen molar-refractivity contribution in [2.75, 3.05) is 5.75 Å². The van der Waals surface area contributed by atoms with Gasteiger partial charge in [-0.2, -0.15) is 0 Å². The van der Waals surface area contributed by atoms with Gasteiger partial charge in [0.25, 0.3) is 0 Å². The Morgan fingerprint density at radius 3 is 2.61 bits per heavy atom. The minimum atomic E-state index is 0.0950. The van der Waals surface area contributed by atoms with Gasteiger partial charge in [-0.15, -0.1) is 11.8 Å². The van der Waals surface area contributed by atoms with Crippen molar-refractivity contribution in [2.45, 2.75) is 31.6 Å². The zero-order chi connectivity index (χ0) is 16.5. The summed E-state index contributed by atoms with van der Waals surface area (Å²) in [6.45, 7) is 2.06. The molecule has 2 rings (SSSR count). The van der Waals surface area contributed by atoms with E-state index in [2.05, 4.69) is 24.4 Å². The van der Waals surface area contributed by atoms with E-state index in [1.807, 2.05) is 42.5 Å². The van der Waals surface area contributed by atoms with E-state index in [9.17, 15) is 4.79 Å². The second-order valence-corrected chi connectivity index (χ2v) is 7.04. The van der Waals surface area contributed by atoms with Crippen molar-refractivity contribution in [3.8, 4) is 0 Å². The van der Waals surface area contributed by atoms with Crippen LogP contribution in [0, 0.1) is 0 Å². The number of carbonyl (C=O) groups is 1. The van der Waals surface area contributed by atoms with Crippen LogP contribution < -0.4 is 5.32 Å². The number of aryl methyl sites for hydroxylation is 1. The van der Waals surface area contributed by atoms with Crippen LogP contribution in [0.25, 0.3) is 0 Å². The summed E-state index contributed by atoms with van der Waals surface area (Å²) in [5.41, 5.74) is 2.45. The molecule has 0 aliphatic carbocycles. The molecule has 4 heteroatoms. The lowest BCUT2D eigenvalue weighted by Gasteiger charge is -2.13. The van der Waals surface area contributed by atoms with Gasteiger partial charge in [0, 0.05) is 16.8 Å². The average Bonchev–Trinajstić information content (AvgIpc) is 2.54. The molecule has 1 atom stereocenters. The highest BCUT2D eigenvalue weighted by Crippen LogP contribution is 2.16. The SMILES string of the molecule is C[C@H](CCc1ccccc1)NC(=O)CSCc1cccc(Cl)c1. The highest BCUT2D eigenvalue weighted by atomic mass is 35.5. The first-order chi connectivity index (χ1) is 11.1. The standard InChI is InChI=1S/C19H22ClNOS/c1-15(10-11-16-6-3-2-4-7-16)21-19(22)14-23-13-17-8-5-9-18(20)12-17/h2-9,12,15H,10-11,13-14H2,1H3,(H,21,22)/t15-/m1/s1. The maximum absolute atomic E-state index is 12.0. The normalized spacial score (nSPS) is 11.9. The van der Waals surface area contributed by atoms with Crippen LogP contribution in [-0.4, -0.2) is 17.7 Å². The van der Waals surface area contributed by atoms with Crippen molar-refractivity contribution in [1.82, 2.24) is 5.32 Å². The Hall–Kier alpha value is -1.45. The van der Waals surface area contributed by atoms with Gasteiger partial charge in [-0.05, 0) is 43.0 Å². The molecular formula is C19H22ClNOS. The van der Waals surface area contributed by atoms with E-state index >= 15 is 0 Å². The van der Waals surface area contributed by atoms with Gasteiger partial charge in [0.1, 0.15) is 0 Å². The molecule has 2 aromatic rings. The fourth-order valence-electron chi connectivity index (χ4n) is 2.30. The van der Waals surface area contributed by atoms with E-state index in [0.29, 0.717) is 5.75 Å². The largest absolute Gasteiger partial charge is 0.353 e. The molecule has 0 spiro atoms. The van der Waals surface area contributed by atoms with Crippen LogP contribution in [0.3, 0.4) is 0 Å². The molecule has 1 N–H and O–H groups in total. The third-order valence-electron chi connectivity index (χ3n) is 3.51. The molecule has 0 aromatic heterocycles. The van der Waals surface area contributed by atoms with Crippen LogP contribution in [0.2, 0.25) is 5.02 Å². The second kappa shape index (κ2) is 9.64. The fourth-order valence-corrected chi connectivity index (χ4v) is 3.30. The van der Waals surface area contributed by atoms with Crippen LogP contribution >= 0.6 is 23.4 Å². The minimum Gasteiger partial charge on any atom is -0.353 e. The quantitative estimate of drug-likeness (QED) is 0.749. The third kappa shape index (κ3) is 7.10. The molecule has 0 saturated heterocycles. The molecule has 0 aliphatic heterocycles. The topological polar surface area (TPSA) is 29.1 Å². The first-order valence-corrected chi connectivity index (χ1v) is 9.32. The third-order valence-corrected chi connectivity index (χ3v) is 4.75. The Balaban J connectivity index is 1.64. The van der Waals surface area contributed by atoms with Crippen LogP contribution in [-0.2, 0) is 17.0 Å². The number of amides is 1. The summed E-state index contributed by atoms with van der Waals surface area (Å²) < 4.78 is 0. The molecule has 2 nitrogen and oxygen atoms in total. The number of benzene rings is 2. The Kier molecular flexibility index (Phi) is 7.50. The maximum atomic E-state index is 12.0. The Morgan fingerprint density at radius 2 is 1.87 bits per heavy atom. The average molecular weight is 348 g/mol. The highest BCUT2D eigenvalue weighted by Gasteiger charge is 2.08. The fraction of sp³-hybridized carbons (Fsp3) is 0.316. The molecule has 0 aliphatic rings. The van der Waals surface area contributed by atoms with Crippen LogP contribution in [0.5, 0.6) is 0 Å².